The molecule has 0 spiro atoms. The first kappa shape index (κ1) is 29.7. The fourth-order valence-corrected chi connectivity index (χ4v) is 1.46. The molecule has 1 radical (unpaired) electrons. The van der Waals surface area contributed by atoms with Gasteiger partial charge in [0.1, 0.15) is 11.4 Å². The summed E-state index contributed by atoms with van der Waals surface area (Å²) in [6.45, 7) is 1.48. The topological polar surface area (TPSA) is 121 Å². The van der Waals surface area contributed by atoms with Crippen molar-refractivity contribution in [1.29, 1.82) is 0 Å². The van der Waals surface area contributed by atoms with Crippen LogP contribution in [0.4, 0.5) is 26.3 Å². The maximum atomic E-state index is 12.0. The van der Waals surface area contributed by atoms with Gasteiger partial charge in [0.2, 0.25) is 0 Å². The van der Waals surface area contributed by atoms with Gasteiger partial charge in [0.25, 0.3) is 0 Å². The summed E-state index contributed by atoms with van der Waals surface area (Å²) in [7, 11) is 0. The second-order valence-electron chi connectivity index (χ2n) is 5.65. The average molecular weight is 524 g/mol. The Morgan fingerprint density at radius 1 is 0.636 bits per heavy atom. The molecule has 0 unspecified atom stereocenters. The third-order valence-electron chi connectivity index (χ3n) is 3.26. The summed E-state index contributed by atoms with van der Waals surface area (Å²) in [5.41, 5.74) is -2.08. The van der Waals surface area contributed by atoms with E-state index in [2.05, 4.69) is 30.4 Å². The van der Waals surface area contributed by atoms with E-state index < -0.39 is 35.6 Å². The number of hydrogen-bond acceptors (Lipinski definition) is 8. The number of halogens is 6. The Morgan fingerprint density at radius 3 is 1.15 bits per heavy atom. The third-order valence-corrected chi connectivity index (χ3v) is 3.26. The molecule has 0 aliphatic heterocycles. The van der Waals surface area contributed by atoms with Gasteiger partial charge in [-0.2, -0.15) is 46.7 Å². The van der Waals surface area contributed by atoms with Crippen LogP contribution in [0.1, 0.15) is 25.0 Å². The van der Waals surface area contributed by atoms with Gasteiger partial charge in [-0.3, -0.25) is 9.97 Å². The molecule has 0 bridgehead atoms. The SMILES string of the molecule is C/C(=N/N=C(\[O-])c1ccncc1)C(F)(F)F.C/C(=N\N=C(/[O-])c1ccncc1)C(F)(F)F.[Cu+2]. The Morgan fingerprint density at radius 2 is 0.909 bits per heavy atom. The van der Waals surface area contributed by atoms with Crippen LogP contribution < -0.4 is 10.2 Å². The van der Waals surface area contributed by atoms with E-state index in [0.717, 1.165) is 13.8 Å². The van der Waals surface area contributed by atoms with Crippen molar-refractivity contribution >= 4 is 23.2 Å². The molecule has 0 N–H and O–H groups in total. The number of hydrogen-bond donors (Lipinski definition) is 0. The predicted molar refractivity (Wildman–Crippen MR) is 99.9 cm³/mol. The predicted octanol–water partition coefficient (Wildman–Crippen LogP) is 2.25. The molecule has 2 heterocycles. The zero-order valence-corrected chi connectivity index (χ0v) is 17.6. The fraction of sp³-hybridized carbons (Fsp3) is 0.222. The minimum absolute atomic E-state index is 0. The zero-order chi connectivity index (χ0) is 24.4. The van der Waals surface area contributed by atoms with Crippen LogP contribution >= 0.6 is 0 Å². The normalized spacial score (nSPS) is 13.6. The average Bonchev–Trinajstić information content (AvgIpc) is 2.75. The van der Waals surface area contributed by atoms with Gasteiger partial charge in [-0.05, 0) is 49.2 Å². The quantitative estimate of drug-likeness (QED) is 0.200. The van der Waals surface area contributed by atoms with Crippen LogP contribution in [-0.4, -0.2) is 45.5 Å². The largest absolute Gasteiger partial charge is 2.00 e. The summed E-state index contributed by atoms with van der Waals surface area (Å²) in [4.78, 5) is 7.31. The molecule has 8 nitrogen and oxygen atoms in total. The first-order chi connectivity index (χ1) is 14.8. The number of aromatic nitrogens is 2. The van der Waals surface area contributed by atoms with Gasteiger partial charge in [0, 0.05) is 36.6 Å². The van der Waals surface area contributed by atoms with Crippen LogP contribution in [-0.2, 0) is 17.1 Å². The smallest absolute Gasteiger partial charge is 0.857 e. The molecule has 0 aliphatic rings. The van der Waals surface area contributed by atoms with E-state index in [1.54, 1.807) is 0 Å². The molecule has 33 heavy (non-hydrogen) atoms. The molecule has 0 saturated heterocycles. The Bertz CT molecular complexity index is 911. The number of alkyl halides is 6. The molecular weight excluding hydrogens is 510 g/mol. The summed E-state index contributed by atoms with van der Waals surface area (Å²) >= 11 is 0. The van der Waals surface area contributed by atoms with Crippen molar-refractivity contribution in [2.75, 3.05) is 0 Å². The molecule has 2 aromatic rings. The Labute approximate surface area is 194 Å². The van der Waals surface area contributed by atoms with E-state index in [4.69, 9.17) is 0 Å². The van der Waals surface area contributed by atoms with Crippen LogP contribution in [0.2, 0.25) is 0 Å². The minimum atomic E-state index is -4.57. The van der Waals surface area contributed by atoms with Crippen molar-refractivity contribution in [3.8, 4) is 0 Å². The second-order valence-corrected chi connectivity index (χ2v) is 5.65. The van der Waals surface area contributed by atoms with E-state index in [9.17, 15) is 36.6 Å². The molecule has 0 amide bonds. The molecule has 2 rings (SSSR count). The molecular formula is C18H14CuF6N6O2. The van der Waals surface area contributed by atoms with Crippen LogP contribution in [0.5, 0.6) is 0 Å². The summed E-state index contributed by atoms with van der Waals surface area (Å²) in [5, 5.41) is 34.0. The maximum absolute atomic E-state index is 12.0. The fourth-order valence-electron chi connectivity index (χ4n) is 1.46. The molecule has 0 fully saturated rings. The summed E-state index contributed by atoms with van der Waals surface area (Å²) in [6, 6.07) is 5.35. The van der Waals surface area contributed by atoms with E-state index in [-0.39, 0.29) is 28.2 Å². The Kier molecular flexibility index (Phi) is 11.9. The summed E-state index contributed by atoms with van der Waals surface area (Å²) in [6.07, 6.45) is -3.79. The summed E-state index contributed by atoms with van der Waals surface area (Å²) in [5.74, 6) is -1.68. The minimum Gasteiger partial charge on any atom is -0.857 e. The van der Waals surface area contributed by atoms with Crippen molar-refractivity contribution in [2.45, 2.75) is 26.2 Å². The van der Waals surface area contributed by atoms with Crippen LogP contribution in [0.15, 0.2) is 69.5 Å². The van der Waals surface area contributed by atoms with Crippen molar-refractivity contribution in [1.82, 2.24) is 9.97 Å². The van der Waals surface area contributed by atoms with Gasteiger partial charge in [-0.1, -0.05) is 0 Å². The molecule has 181 valence electrons. The number of pyridine rings is 2. The van der Waals surface area contributed by atoms with Gasteiger partial charge in [0.05, 0.1) is 0 Å². The first-order valence-electron chi connectivity index (χ1n) is 8.36. The van der Waals surface area contributed by atoms with Crippen molar-refractivity contribution in [2.24, 2.45) is 20.4 Å². The van der Waals surface area contributed by atoms with Gasteiger partial charge in [-0.15, -0.1) is 0 Å². The van der Waals surface area contributed by atoms with E-state index in [0.29, 0.717) is 0 Å². The molecule has 0 saturated carbocycles. The molecule has 15 heteroatoms. The Balaban J connectivity index is 0.000000602. The van der Waals surface area contributed by atoms with Crippen molar-refractivity contribution in [3.05, 3.63) is 60.2 Å². The zero-order valence-electron chi connectivity index (χ0n) is 16.7. The summed E-state index contributed by atoms with van der Waals surface area (Å²) < 4.78 is 71.9. The third kappa shape index (κ3) is 11.2. The van der Waals surface area contributed by atoms with E-state index in [1.807, 2.05) is 0 Å². The van der Waals surface area contributed by atoms with Crippen LogP contribution in [0, 0.1) is 0 Å². The molecule has 2 aromatic heterocycles. The van der Waals surface area contributed by atoms with Gasteiger partial charge in [-0.25, -0.2) is 0 Å². The standard InChI is InChI=1S/2C9H8F3N3O.Cu/c2*1-6(9(10,11)12)14-15-8(16)7-2-4-13-5-3-7;/h2*2-5H,1H3,(H,15,16);/q;;+2/p-2/b14-6+;14-6-;. The number of nitrogens with zero attached hydrogens (tertiary/aromatic N) is 6. The van der Waals surface area contributed by atoms with Crippen LogP contribution in [0.3, 0.4) is 0 Å². The second kappa shape index (κ2) is 13.3. The first-order valence-corrected chi connectivity index (χ1v) is 8.36. The van der Waals surface area contributed by atoms with Crippen molar-refractivity contribution < 1.29 is 53.6 Å². The van der Waals surface area contributed by atoms with Gasteiger partial charge >= 0.3 is 29.4 Å². The van der Waals surface area contributed by atoms with Crippen LogP contribution in [0.25, 0.3) is 0 Å². The maximum Gasteiger partial charge on any atom is 2.00 e. The van der Waals surface area contributed by atoms with E-state index in [1.165, 1.54) is 49.1 Å². The van der Waals surface area contributed by atoms with E-state index >= 15 is 0 Å². The Hall–Kier alpha value is -3.32. The van der Waals surface area contributed by atoms with Gasteiger partial charge < -0.3 is 10.2 Å². The number of rotatable bonds is 4. The van der Waals surface area contributed by atoms with Gasteiger partial charge in [0.15, 0.2) is 0 Å². The molecule has 0 aliphatic carbocycles. The monoisotopic (exact) mass is 523 g/mol. The molecule has 0 atom stereocenters. The molecule has 0 aromatic carbocycles. The van der Waals surface area contributed by atoms with Crippen molar-refractivity contribution in [3.63, 3.8) is 0 Å².